The Morgan fingerprint density at radius 2 is 1.51 bits per heavy atom. The topological polar surface area (TPSA) is 127 Å². The minimum Gasteiger partial charge on any atom is -0.441 e. The van der Waals surface area contributed by atoms with Gasteiger partial charge in [0, 0.05) is 30.8 Å². The zero-order valence-electron chi connectivity index (χ0n) is 23.7. The molecule has 0 aliphatic heterocycles. The number of oxazole rings is 1. The van der Waals surface area contributed by atoms with Crippen molar-refractivity contribution in [1.82, 2.24) is 9.97 Å². The van der Waals surface area contributed by atoms with Gasteiger partial charge in [0.1, 0.15) is 11.6 Å². The molecule has 0 aliphatic rings. The van der Waals surface area contributed by atoms with E-state index in [2.05, 4.69) is 9.97 Å². The van der Waals surface area contributed by atoms with E-state index in [0.717, 1.165) is 11.6 Å². The number of nitrogens with zero attached hydrogens (tertiary/aromatic N) is 2. The Morgan fingerprint density at radius 1 is 0.951 bits per heavy atom. The molecule has 0 aliphatic carbocycles. The number of benzene rings is 1. The van der Waals surface area contributed by atoms with Crippen molar-refractivity contribution in [2.75, 3.05) is 26.4 Å². The summed E-state index contributed by atoms with van der Waals surface area (Å²) in [4.78, 5) is 21.4. The van der Waals surface area contributed by atoms with Gasteiger partial charge < -0.3 is 22.5 Å². The van der Waals surface area contributed by atoms with Crippen LogP contribution in [-0.2, 0) is 38.4 Å². The van der Waals surface area contributed by atoms with Crippen LogP contribution < -0.4 is 0 Å². The van der Waals surface area contributed by atoms with Crippen molar-refractivity contribution in [2.24, 2.45) is 0 Å². The highest BCUT2D eigenvalue weighted by Gasteiger charge is 2.52. The number of aromatic nitrogens is 2. The van der Waals surface area contributed by atoms with E-state index < -0.39 is 26.4 Å². The van der Waals surface area contributed by atoms with E-state index in [-0.39, 0.29) is 54.8 Å². The van der Waals surface area contributed by atoms with E-state index >= 15 is 0 Å². The predicted octanol–water partition coefficient (Wildman–Crippen LogP) is 7.97. The van der Waals surface area contributed by atoms with Crippen LogP contribution in [-0.4, -0.2) is 41.5 Å². The summed E-state index contributed by atoms with van der Waals surface area (Å²) in [6.45, 7) is 8.24. The van der Waals surface area contributed by atoms with Crippen molar-refractivity contribution < 1.29 is 40.8 Å². The summed E-state index contributed by atoms with van der Waals surface area (Å²) in [6.07, 6.45) is 3.59. The van der Waals surface area contributed by atoms with Crippen molar-refractivity contribution in [2.45, 2.75) is 57.8 Å². The molecule has 14 heteroatoms. The number of carbonyl (C=O) groups excluding carboxylic acids is 1. The number of hydrogen-bond acceptors (Lipinski definition) is 11. The quantitative estimate of drug-likeness (QED) is 0.113. The van der Waals surface area contributed by atoms with Gasteiger partial charge >= 0.3 is 15.2 Å². The van der Waals surface area contributed by atoms with Gasteiger partial charge in [0.05, 0.1) is 37.0 Å². The average molecular weight is 629 g/mol. The Kier molecular flexibility index (Phi) is 12.5. The molecule has 0 unspecified atom stereocenters. The largest absolute Gasteiger partial charge is 0.441 e. The Labute approximate surface area is 243 Å². The zero-order valence-corrected chi connectivity index (χ0v) is 26.3. The zero-order chi connectivity index (χ0) is 30.0. The molecule has 0 N–H and O–H groups in total. The number of pyridine rings is 1. The molecule has 1 aromatic carbocycles. The number of halogens is 1. The fraction of sp³-hybridized carbons (Fsp3) is 0.444. The van der Waals surface area contributed by atoms with Crippen LogP contribution in [0.5, 0.6) is 0 Å². The first-order valence-corrected chi connectivity index (χ1v) is 17.3. The maximum Gasteiger partial charge on any atom is 0.350 e. The van der Waals surface area contributed by atoms with E-state index in [9.17, 15) is 18.3 Å². The molecule has 2 aromatic heterocycles. The number of hydrogen-bond donors (Lipinski definition) is 0. The lowest BCUT2D eigenvalue weighted by atomic mass is 10.2. The molecular formula is C27H35FN2O8P2S. The van der Waals surface area contributed by atoms with Crippen LogP contribution in [0.4, 0.5) is 4.39 Å². The van der Waals surface area contributed by atoms with Crippen LogP contribution in [0.25, 0.3) is 11.5 Å². The third kappa shape index (κ3) is 8.45. The minimum atomic E-state index is -4.14. The second kappa shape index (κ2) is 15.3. The molecular weight excluding hydrogens is 593 g/mol. The lowest BCUT2D eigenvalue weighted by Gasteiger charge is -2.31. The fourth-order valence-corrected chi connectivity index (χ4v) is 10.2. The Hall–Kier alpha value is -2.17. The Balaban J connectivity index is 1.88. The van der Waals surface area contributed by atoms with Crippen LogP contribution in [0.3, 0.4) is 0 Å². The highest BCUT2D eigenvalue weighted by atomic mass is 32.2. The summed E-state index contributed by atoms with van der Waals surface area (Å²) in [5.74, 6) is 0.329. The molecule has 0 amide bonds. The molecule has 0 fully saturated rings. The molecule has 224 valence electrons. The van der Waals surface area contributed by atoms with Crippen LogP contribution in [0.1, 0.15) is 56.5 Å². The maximum absolute atomic E-state index is 14.9. The normalized spacial score (nSPS) is 12.3. The molecule has 0 saturated heterocycles. The first-order valence-electron chi connectivity index (χ1n) is 13.2. The SMILES string of the molecule is CCOP(=O)(OCC)C(c1ccc(F)c(SC(=O)CCc2nc(-c3ccncc3)oc2C)c1)P(=O)(OCC)OCC. The second-order valence-electron chi connectivity index (χ2n) is 8.55. The Morgan fingerprint density at radius 3 is 2.05 bits per heavy atom. The van der Waals surface area contributed by atoms with E-state index in [1.807, 2.05) is 0 Å². The van der Waals surface area contributed by atoms with E-state index in [1.54, 1.807) is 59.1 Å². The van der Waals surface area contributed by atoms with Crippen LogP contribution in [0.15, 0.2) is 52.0 Å². The molecule has 3 rings (SSSR count). The standard InChI is InChI=1S/C27H35FN2O8P2S/c1-6-34-39(32,35-7-2)27(40(33,36-8-3)37-9-4)21-10-11-22(28)24(18-21)41-25(31)13-12-23-19(5)38-26(30-23)20-14-16-29-17-15-20/h10-11,14-18,27H,6-9,12-13H2,1-5H3. The summed E-state index contributed by atoms with van der Waals surface area (Å²) in [5, 5.41) is -1.82. The van der Waals surface area contributed by atoms with Gasteiger partial charge in [-0.05, 0) is 76.2 Å². The van der Waals surface area contributed by atoms with Gasteiger partial charge in [0.25, 0.3) is 0 Å². The van der Waals surface area contributed by atoms with E-state index in [1.165, 1.54) is 12.1 Å². The summed E-state index contributed by atoms with van der Waals surface area (Å²) < 4.78 is 70.7. The third-order valence-corrected chi connectivity index (χ3v) is 12.6. The molecule has 0 saturated carbocycles. The van der Waals surface area contributed by atoms with Crippen LogP contribution >= 0.6 is 27.0 Å². The van der Waals surface area contributed by atoms with Crippen molar-refractivity contribution >= 4 is 32.1 Å². The van der Waals surface area contributed by atoms with Crippen molar-refractivity contribution in [3.8, 4) is 11.5 Å². The van der Waals surface area contributed by atoms with Gasteiger partial charge in [0.15, 0.2) is 10.5 Å². The van der Waals surface area contributed by atoms with Crippen molar-refractivity contribution in [3.05, 3.63) is 65.6 Å². The van der Waals surface area contributed by atoms with Crippen molar-refractivity contribution in [3.63, 3.8) is 0 Å². The fourth-order valence-electron chi connectivity index (χ4n) is 4.05. The molecule has 0 atom stereocenters. The summed E-state index contributed by atoms with van der Waals surface area (Å²) >= 11 is 0.682. The van der Waals surface area contributed by atoms with Crippen molar-refractivity contribution in [1.29, 1.82) is 0 Å². The van der Waals surface area contributed by atoms with E-state index in [4.69, 9.17) is 22.5 Å². The minimum absolute atomic E-state index is 0.00233. The summed E-state index contributed by atoms with van der Waals surface area (Å²) in [7, 11) is -8.27. The molecule has 10 nitrogen and oxygen atoms in total. The highest BCUT2D eigenvalue weighted by Crippen LogP contribution is 2.78. The smallest absolute Gasteiger partial charge is 0.350 e. The van der Waals surface area contributed by atoms with Gasteiger partial charge in [-0.15, -0.1) is 0 Å². The predicted molar refractivity (Wildman–Crippen MR) is 155 cm³/mol. The van der Waals surface area contributed by atoms with E-state index in [0.29, 0.717) is 29.1 Å². The Bertz CT molecular complexity index is 1360. The van der Waals surface area contributed by atoms with Gasteiger partial charge in [-0.2, -0.15) is 0 Å². The average Bonchev–Trinajstić information content (AvgIpc) is 3.30. The number of rotatable bonds is 16. The third-order valence-electron chi connectivity index (χ3n) is 5.70. The van der Waals surface area contributed by atoms with Gasteiger partial charge in [-0.25, -0.2) is 9.37 Å². The number of thioether (sulfide) groups is 1. The lowest BCUT2D eigenvalue weighted by Crippen LogP contribution is -2.12. The molecule has 0 radical (unpaired) electrons. The highest BCUT2D eigenvalue weighted by molar-refractivity contribution is 8.13. The lowest BCUT2D eigenvalue weighted by molar-refractivity contribution is -0.111. The van der Waals surface area contributed by atoms with Crippen LogP contribution in [0.2, 0.25) is 0 Å². The monoisotopic (exact) mass is 628 g/mol. The molecule has 3 aromatic rings. The first-order chi connectivity index (χ1) is 19.6. The van der Waals surface area contributed by atoms with Gasteiger partial charge in [-0.3, -0.25) is 18.9 Å². The number of carbonyl (C=O) groups is 1. The van der Waals surface area contributed by atoms with Crippen LogP contribution in [0, 0.1) is 12.7 Å². The molecule has 2 heterocycles. The second-order valence-corrected chi connectivity index (χ2v) is 14.3. The summed E-state index contributed by atoms with van der Waals surface area (Å²) in [6, 6.07) is 7.30. The van der Waals surface area contributed by atoms with Gasteiger partial charge in [0.2, 0.25) is 5.89 Å². The summed E-state index contributed by atoms with van der Waals surface area (Å²) in [5.41, 5.74) is 1.52. The molecule has 0 bridgehead atoms. The maximum atomic E-state index is 14.9. The molecule has 41 heavy (non-hydrogen) atoms. The molecule has 0 spiro atoms. The first kappa shape index (κ1) is 33.3. The number of aryl methyl sites for hydroxylation is 2. The van der Waals surface area contributed by atoms with Gasteiger partial charge in [-0.1, -0.05) is 6.07 Å².